The van der Waals surface area contributed by atoms with Gasteiger partial charge in [0.05, 0.1) is 11.1 Å². The lowest BCUT2D eigenvalue weighted by Gasteiger charge is -2.25. The Balaban J connectivity index is 1.67. The first-order valence-electron chi connectivity index (χ1n) is 10.6. The van der Waals surface area contributed by atoms with Crippen molar-refractivity contribution < 1.29 is 22.7 Å². The number of ether oxygens (including phenoxy) is 1. The fraction of sp³-hybridized carbons (Fsp3) is 0.391. The Bertz CT molecular complexity index is 1040. The third-order valence-electron chi connectivity index (χ3n) is 5.36. The lowest BCUT2D eigenvalue weighted by Crippen LogP contribution is -2.44. The maximum Gasteiger partial charge on any atom is 0.416 e. The van der Waals surface area contributed by atoms with E-state index in [4.69, 9.17) is 9.73 Å². The molecular weight excluding hydrogens is 421 g/mol. The summed E-state index contributed by atoms with van der Waals surface area (Å²) in [5.74, 6) is 1.14. The molecule has 4 rings (SSSR count). The maximum absolute atomic E-state index is 13.2. The largest absolute Gasteiger partial charge is 0.454 e. The number of amides is 2. The van der Waals surface area contributed by atoms with Gasteiger partial charge in [0.1, 0.15) is 17.3 Å². The summed E-state index contributed by atoms with van der Waals surface area (Å²) in [5.41, 5.74) is 0.258. The zero-order valence-corrected chi connectivity index (χ0v) is 17.9. The molecule has 0 bridgehead atoms. The number of nitrogens with zero attached hydrogens (tertiary/aromatic N) is 3. The molecule has 2 aromatic carbocycles. The van der Waals surface area contributed by atoms with Crippen molar-refractivity contribution in [3.8, 4) is 11.5 Å². The summed E-state index contributed by atoms with van der Waals surface area (Å²) in [5, 5.41) is 2.92. The van der Waals surface area contributed by atoms with Crippen molar-refractivity contribution in [2.24, 2.45) is 4.99 Å². The molecule has 1 N–H and O–H groups in total. The van der Waals surface area contributed by atoms with E-state index in [2.05, 4.69) is 10.2 Å². The van der Waals surface area contributed by atoms with E-state index in [-0.39, 0.29) is 17.8 Å². The fourth-order valence-electron chi connectivity index (χ4n) is 3.81. The van der Waals surface area contributed by atoms with E-state index in [1.165, 1.54) is 6.07 Å². The van der Waals surface area contributed by atoms with Gasteiger partial charge in [-0.05, 0) is 50.6 Å². The van der Waals surface area contributed by atoms with Gasteiger partial charge in [0.2, 0.25) is 0 Å². The van der Waals surface area contributed by atoms with E-state index in [0.29, 0.717) is 49.0 Å². The molecular formula is C23H25F3N4O2. The number of hydrogen-bond acceptors (Lipinski definition) is 4. The highest BCUT2D eigenvalue weighted by molar-refractivity contribution is 6.03. The molecule has 2 aromatic rings. The van der Waals surface area contributed by atoms with E-state index in [1.807, 2.05) is 26.0 Å². The molecule has 6 nitrogen and oxygen atoms in total. The van der Waals surface area contributed by atoms with Gasteiger partial charge in [0.15, 0.2) is 5.75 Å². The number of fused-ring (bicyclic) bond motifs is 2. The van der Waals surface area contributed by atoms with Crippen LogP contribution in [0.2, 0.25) is 0 Å². The number of nitrogens with one attached hydrogen (secondary N) is 1. The van der Waals surface area contributed by atoms with Crippen LogP contribution in [0.4, 0.5) is 23.7 Å². The average molecular weight is 446 g/mol. The molecule has 2 aliphatic rings. The molecule has 170 valence electrons. The molecule has 0 spiro atoms. The Morgan fingerprint density at radius 2 is 1.84 bits per heavy atom. The Morgan fingerprint density at radius 1 is 1.06 bits per heavy atom. The maximum atomic E-state index is 13.2. The van der Waals surface area contributed by atoms with Gasteiger partial charge in [0.25, 0.3) is 0 Å². The number of para-hydroxylation sites is 1. The fourth-order valence-corrected chi connectivity index (χ4v) is 3.81. The van der Waals surface area contributed by atoms with Crippen LogP contribution in [0.1, 0.15) is 31.4 Å². The number of rotatable bonds is 1. The summed E-state index contributed by atoms with van der Waals surface area (Å²) in [4.78, 5) is 21.0. The van der Waals surface area contributed by atoms with Gasteiger partial charge in [-0.1, -0.05) is 12.1 Å². The van der Waals surface area contributed by atoms with Crippen molar-refractivity contribution in [3.63, 3.8) is 0 Å². The average Bonchev–Trinajstić information content (AvgIpc) is 3.07. The lowest BCUT2D eigenvalue weighted by molar-refractivity contribution is -0.137. The predicted molar refractivity (Wildman–Crippen MR) is 116 cm³/mol. The minimum atomic E-state index is -4.47. The van der Waals surface area contributed by atoms with Gasteiger partial charge < -0.3 is 19.9 Å². The zero-order chi connectivity index (χ0) is 22.9. The lowest BCUT2D eigenvalue weighted by atomic mass is 10.1. The molecule has 2 aliphatic heterocycles. The van der Waals surface area contributed by atoms with Crippen LogP contribution in [-0.4, -0.2) is 53.9 Å². The van der Waals surface area contributed by atoms with Gasteiger partial charge in [-0.15, -0.1) is 0 Å². The number of halogens is 3. The Morgan fingerprint density at radius 3 is 2.59 bits per heavy atom. The van der Waals surface area contributed by atoms with E-state index in [0.717, 1.165) is 18.6 Å². The monoisotopic (exact) mass is 446 g/mol. The molecule has 0 aromatic heterocycles. The summed E-state index contributed by atoms with van der Waals surface area (Å²) < 4.78 is 45.5. The minimum absolute atomic E-state index is 0.0511. The Labute approximate surface area is 184 Å². The number of hydrogen-bond donors (Lipinski definition) is 1. The third kappa shape index (κ3) is 4.66. The highest BCUT2D eigenvalue weighted by Crippen LogP contribution is 2.41. The van der Waals surface area contributed by atoms with Crippen molar-refractivity contribution in [1.82, 2.24) is 15.1 Å². The molecule has 0 atom stereocenters. The summed E-state index contributed by atoms with van der Waals surface area (Å²) in [7, 11) is 0. The second kappa shape index (κ2) is 8.72. The van der Waals surface area contributed by atoms with E-state index in [1.54, 1.807) is 17.0 Å². The third-order valence-corrected chi connectivity index (χ3v) is 5.36. The highest BCUT2D eigenvalue weighted by Gasteiger charge is 2.32. The zero-order valence-electron chi connectivity index (χ0n) is 17.9. The second-order valence-corrected chi connectivity index (χ2v) is 8.15. The molecule has 32 heavy (non-hydrogen) atoms. The van der Waals surface area contributed by atoms with E-state index < -0.39 is 11.7 Å². The summed E-state index contributed by atoms with van der Waals surface area (Å²) in [6.45, 7) is 6.18. The first-order chi connectivity index (χ1) is 15.2. The molecule has 0 radical (unpaired) electrons. The number of amidine groups is 1. The molecule has 0 unspecified atom stereocenters. The first kappa shape index (κ1) is 22.0. The quantitative estimate of drug-likeness (QED) is 0.670. The van der Waals surface area contributed by atoms with Gasteiger partial charge in [-0.25, -0.2) is 9.79 Å². The molecule has 9 heteroatoms. The van der Waals surface area contributed by atoms with Gasteiger partial charge >= 0.3 is 12.2 Å². The van der Waals surface area contributed by atoms with Gasteiger partial charge in [0, 0.05) is 32.2 Å². The molecule has 2 amide bonds. The van der Waals surface area contributed by atoms with Gasteiger partial charge in [-0.2, -0.15) is 13.2 Å². The number of urea groups is 1. The van der Waals surface area contributed by atoms with E-state index in [9.17, 15) is 18.0 Å². The highest BCUT2D eigenvalue weighted by atomic mass is 19.4. The Kier molecular flexibility index (Phi) is 5.99. The van der Waals surface area contributed by atoms with Crippen LogP contribution in [0.15, 0.2) is 47.5 Å². The van der Waals surface area contributed by atoms with Crippen LogP contribution in [0.5, 0.6) is 11.5 Å². The van der Waals surface area contributed by atoms with Crippen LogP contribution < -0.4 is 10.1 Å². The standard InChI is InChI=1S/C23H25F3N4O2/c1-15(2)27-22(31)30-11-5-10-29(12-13-30)21-17-6-3-4-7-19(17)32-20-14-16(23(24,25)26)8-9-18(20)28-21/h3-4,6-9,14-15H,5,10-13H2,1-2H3,(H,27,31). The molecule has 0 saturated carbocycles. The van der Waals surface area contributed by atoms with Crippen LogP contribution in [0.25, 0.3) is 0 Å². The number of benzene rings is 2. The normalized spacial score (nSPS) is 16.4. The predicted octanol–water partition coefficient (Wildman–Crippen LogP) is 5.02. The number of aliphatic imine (C=N–C) groups is 1. The first-order valence-corrected chi connectivity index (χ1v) is 10.6. The smallest absolute Gasteiger partial charge is 0.416 e. The summed E-state index contributed by atoms with van der Waals surface area (Å²) >= 11 is 0. The summed E-state index contributed by atoms with van der Waals surface area (Å²) in [6.07, 6.45) is -3.73. The van der Waals surface area contributed by atoms with Crippen molar-refractivity contribution >= 4 is 17.6 Å². The molecule has 1 fully saturated rings. The Hall–Kier alpha value is -3.23. The van der Waals surface area contributed by atoms with Crippen LogP contribution in [0.3, 0.4) is 0 Å². The van der Waals surface area contributed by atoms with Crippen LogP contribution in [0, 0.1) is 0 Å². The number of carbonyl (C=O) groups excluding carboxylic acids is 1. The minimum Gasteiger partial charge on any atom is -0.454 e. The number of alkyl halides is 3. The van der Waals surface area contributed by atoms with Crippen molar-refractivity contribution in [1.29, 1.82) is 0 Å². The van der Waals surface area contributed by atoms with Crippen LogP contribution in [-0.2, 0) is 6.18 Å². The molecule has 1 saturated heterocycles. The van der Waals surface area contributed by atoms with Crippen LogP contribution >= 0.6 is 0 Å². The van der Waals surface area contributed by atoms with Gasteiger partial charge in [-0.3, -0.25) is 0 Å². The SMILES string of the molecule is CC(C)NC(=O)N1CCCN(C2=Nc3ccc(C(F)(F)F)cc3Oc3ccccc32)CC1. The topological polar surface area (TPSA) is 57.2 Å². The summed E-state index contributed by atoms with van der Waals surface area (Å²) in [6, 6.07) is 10.5. The second-order valence-electron chi connectivity index (χ2n) is 8.15. The van der Waals surface area contributed by atoms with Crippen molar-refractivity contribution in [3.05, 3.63) is 53.6 Å². The van der Waals surface area contributed by atoms with E-state index >= 15 is 0 Å². The number of carbonyl (C=O) groups is 1. The molecule has 0 aliphatic carbocycles. The van der Waals surface area contributed by atoms with Crippen molar-refractivity contribution in [2.45, 2.75) is 32.5 Å². The van der Waals surface area contributed by atoms with Crippen molar-refractivity contribution in [2.75, 3.05) is 26.2 Å². The molecule has 2 heterocycles.